The second kappa shape index (κ2) is 7.50. The summed E-state index contributed by atoms with van der Waals surface area (Å²) in [5.41, 5.74) is 0.643. The zero-order valence-electron chi connectivity index (χ0n) is 13.3. The van der Waals surface area contributed by atoms with Crippen LogP contribution in [0.15, 0.2) is 12.2 Å². The Labute approximate surface area is 121 Å². The molecule has 0 saturated heterocycles. The van der Waals surface area contributed by atoms with E-state index in [0.717, 1.165) is 11.8 Å². The molecule has 110 valence electrons. The number of hydrogen-bond donors (Lipinski definition) is 0. The fraction of sp³-hybridized carbons (Fsp3) is 0.895. The summed E-state index contributed by atoms with van der Waals surface area (Å²) in [5.74, 6) is 1.95. The predicted octanol–water partition coefficient (Wildman–Crippen LogP) is 6.51. The van der Waals surface area contributed by atoms with Crippen LogP contribution in [0.25, 0.3) is 0 Å². The normalized spacial score (nSPS) is 30.1. The number of rotatable bonds is 10. The molecule has 0 spiro atoms. The monoisotopic (exact) mass is 262 g/mol. The van der Waals surface area contributed by atoms with E-state index in [1.165, 1.54) is 77.0 Å². The van der Waals surface area contributed by atoms with Gasteiger partial charge in [-0.15, -0.1) is 0 Å². The summed E-state index contributed by atoms with van der Waals surface area (Å²) in [4.78, 5) is 0. The number of allylic oxidation sites excluding steroid dienone is 2. The highest BCUT2D eigenvalue weighted by Gasteiger charge is 2.45. The lowest BCUT2D eigenvalue weighted by atomic mass is 9.70. The van der Waals surface area contributed by atoms with Gasteiger partial charge in [-0.3, -0.25) is 0 Å². The Hall–Kier alpha value is -0.260. The highest BCUT2D eigenvalue weighted by atomic mass is 14.5. The summed E-state index contributed by atoms with van der Waals surface area (Å²) in [6.07, 6.45) is 22.7. The lowest BCUT2D eigenvalue weighted by Crippen LogP contribution is -2.24. The Kier molecular flexibility index (Phi) is 5.98. The van der Waals surface area contributed by atoms with Crippen molar-refractivity contribution in [2.75, 3.05) is 0 Å². The number of fused-ring (bicyclic) bond motifs is 2. The molecule has 19 heavy (non-hydrogen) atoms. The first-order valence-corrected chi connectivity index (χ1v) is 9.00. The summed E-state index contributed by atoms with van der Waals surface area (Å²) in [7, 11) is 0. The van der Waals surface area contributed by atoms with Gasteiger partial charge in [-0.1, -0.05) is 70.9 Å². The van der Waals surface area contributed by atoms with Crippen molar-refractivity contribution in [1.82, 2.24) is 0 Å². The minimum Gasteiger partial charge on any atom is -0.0848 e. The molecule has 0 amide bonds. The van der Waals surface area contributed by atoms with Gasteiger partial charge in [0.25, 0.3) is 0 Å². The van der Waals surface area contributed by atoms with Crippen molar-refractivity contribution < 1.29 is 0 Å². The molecule has 2 bridgehead atoms. The van der Waals surface area contributed by atoms with Gasteiger partial charge in [0.1, 0.15) is 0 Å². The fourth-order valence-electron chi connectivity index (χ4n) is 4.46. The zero-order chi connectivity index (χ0) is 13.6. The Balaban J connectivity index is 1.80. The molecule has 0 radical (unpaired) electrons. The molecule has 3 atom stereocenters. The van der Waals surface area contributed by atoms with Crippen molar-refractivity contribution in [3.05, 3.63) is 12.2 Å². The maximum atomic E-state index is 2.63. The van der Waals surface area contributed by atoms with Gasteiger partial charge in [-0.05, 0) is 49.4 Å². The maximum absolute atomic E-state index is 2.63. The number of unbranched alkanes of at least 4 members (excludes halogenated alkanes) is 5. The molecule has 0 aromatic rings. The second-order valence-electron chi connectivity index (χ2n) is 7.14. The molecule has 0 N–H and O–H groups in total. The van der Waals surface area contributed by atoms with Gasteiger partial charge < -0.3 is 0 Å². The average molecular weight is 262 g/mol. The van der Waals surface area contributed by atoms with Gasteiger partial charge in [0.15, 0.2) is 0 Å². The van der Waals surface area contributed by atoms with Crippen LogP contribution in [0.5, 0.6) is 0 Å². The molecule has 3 unspecified atom stereocenters. The third-order valence-electron chi connectivity index (χ3n) is 5.70. The fourth-order valence-corrected chi connectivity index (χ4v) is 4.46. The molecular weight excluding hydrogens is 228 g/mol. The van der Waals surface area contributed by atoms with Gasteiger partial charge in [0.05, 0.1) is 0 Å². The molecule has 2 aliphatic carbocycles. The van der Waals surface area contributed by atoms with E-state index >= 15 is 0 Å². The van der Waals surface area contributed by atoms with Crippen LogP contribution >= 0.6 is 0 Å². The van der Waals surface area contributed by atoms with Crippen molar-refractivity contribution in [2.45, 2.75) is 90.9 Å². The molecule has 1 saturated carbocycles. The van der Waals surface area contributed by atoms with E-state index in [1.54, 1.807) is 0 Å². The first-order chi connectivity index (χ1) is 9.30. The molecule has 2 rings (SSSR count). The van der Waals surface area contributed by atoms with E-state index < -0.39 is 0 Å². The van der Waals surface area contributed by atoms with E-state index in [0.29, 0.717) is 5.41 Å². The largest absolute Gasteiger partial charge is 0.0848 e. The average Bonchev–Trinajstić information content (AvgIpc) is 3.03. The molecule has 0 aromatic heterocycles. The van der Waals surface area contributed by atoms with Crippen LogP contribution in [0.3, 0.4) is 0 Å². The van der Waals surface area contributed by atoms with Gasteiger partial charge in [0, 0.05) is 0 Å². The lowest BCUT2D eigenvalue weighted by Gasteiger charge is -2.34. The first kappa shape index (κ1) is 15.1. The first-order valence-electron chi connectivity index (χ1n) is 9.00. The molecule has 2 aliphatic rings. The molecular formula is C19H34. The van der Waals surface area contributed by atoms with Crippen molar-refractivity contribution in [3.8, 4) is 0 Å². The van der Waals surface area contributed by atoms with Crippen LogP contribution in [0, 0.1) is 17.3 Å². The van der Waals surface area contributed by atoms with Crippen LogP contribution in [0.1, 0.15) is 90.9 Å². The summed E-state index contributed by atoms with van der Waals surface area (Å²) in [5, 5.41) is 0. The molecule has 1 fully saturated rings. The minimum absolute atomic E-state index is 0.643. The summed E-state index contributed by atoms with van der Waals surface area (Å²) >= 11 is 0. The topological polar surface area (TPSA) is 0 Å². The van der Waals surface area contributed by atoms with Gasteiger partial charge in [0.2, 0.25) is 0 Å². The van der Waals surface area contributed by atoms with E-state index in [1.807, 2.05) is 0 Å². The second-order valence-corrected chi connectivity index (χ2v) is 7.14. The van der Waals surface area contributed by atoms with E-state index in [4.69, 9.17) is 0 Å². The van der Waals surface area contributed by atoms with Crippen LogP contribution in [-0.2, 0) is 0 Å². The highest BCUT2D eigenvalue weighted by molar-refractivity contribution is 5.17. The highest BCUT2D eigenvalue weighted by Crippen LogP contribution is 2.56. The van der Waals surface area contributed by atoms with Gasteiger partial charge >= 0.3 is 0 Å². The van der Waals surface area contributed by atoms with Crippen LogP contribution in [0.4, 0.5) is 0 Å². The molecule has 0 aromatic carbocycles. The summed E-state index contributed by atoms with van der Waals surface area (Å²) in [6, 6.07) is 0. The van der Waals surface area contributed by atoms with Gasteiger partial charge in [-0.2, -0.15) is 0 Å². The Morgan fingerprint density at radius 2 is 1.74 bits per heavy atom. The quantitative estimate of drug-likeness (QED) is 0.311. The van der Waals surface area contributed by atoms with Crippen LogP contribution in [0.2, 0.25) is 0 Å². The van der Waals surface area contributed by atoms with Crippen molar-refractivity contribution in [2.24, 2.45) is 17.3 Å². The third kappa shape index (κ3) is 3.86. The number of hydrogen-bond acceptors (Lipinski definition) is 0. The third-order valence-corrected chi connectivity index (χ3v) is 5.70. The lowest BCUT2D eigenvalue weighted by molar-refractivity contribution is 0.201. The predicted molar refractivity (Wildman–Crippen MR) is 85.3 cm³/mol. The maximum Gasteiger partial charge on any atom is -0.00841 e. The Bertz CT molecular complexity index is 278. The molecule has 0 nitrogen and oxygen atoms in total. The molecule has 0 heteroatoms. The van der Waals surface area contributed by atoms with Crippen molar-refractivity contribution in [3.63, 3.8) is 0 Å². The zero-order valence-corrected chi connectivity index (χ0v) is 13.3. The van der Waals surface area contributed by atoms with Crippen LogP contribution < -0.4 is 0 Å². The Morgan fingerprint density at radius 1 is 1.00 bits per heavy atom. The molecule has 0 heterocycles. The van der Waals surface area contributed by atoms with Crippen molar-refractivity contribution >= 4 is 0 Å². The van der Waals surface area contributed by atoms with Crippen LogP contribution in [-0.4, -0.2) is 0 Å². The summed E-state index contributed by atoms with van der Waals surface area (Å²) in [6.45, 7) is 4.66. The van der Waals surface area contributed by atoms with E-state index in [9.17, 15) is 0 Å². The van der Waals surface area contributed by atoms with Gasteiger partial charge in [-0.25, -0.2) is 0 Å². The van der Waals surface area contributed by atoms with Crippen molar-refractivity contribution in [1.29, 1.82) is 0 Å². The van der Waals surface area contributed by atoms with E-state index in [2.05, 4.69) is 26.0 Å². The smallest absolute Gasteiger partial charge is 0.00841 e. The SMILES string of the molecule is CCCCCCCC(CCCC)C12C=CC(CC1)C2. The standard InChI is InChI=1S/C19H34/c1-3-5-7-8-9-11-18(10-6-4-2)19-14-12-17(16-19)13-15-19/h12,14,17-18H,3-11,13,15-16H2,1-2H3. The summed E-state index contributed by atoms with van der Waals surface area (Å²) < 4.78 is 0. The molecule has 0 aliphatic heterocycles. The Morgan fingerprint density at radius 3 is 2.32 bits per heavy atom. The van der Waals surface area contributed by atoms with E-state index in [-0.39, 0.29) is 0 Å². The minimum atomic E-state index is 0.643.